The Morgan fingerprint density at radius 3 is 2.00 bits per heavy atom. The lowest BCUT2D eigenvalue weighted by atomic mass is 10.2. The number of ether oxygens (including phenoxy) is 3. The summed E-state index contributed by atoms with van der Waals surface area (Å²) >= 11 is 0. The molecule has 3 N–H and O–H groups in total. The molecule has 2 aromatic rings. The first-order valence-corrected chi connectivity index (χ1v) is 8.52. The van der Waals surface area contributed by atoms with Crippen molar-refractivity contribution < 1.29 is 28.6 Å². The van der Waals surface area contributed by atoms with Crippen molar-refractivity contribution in [3.63, 3.8) is 0 Å². The zero-order valence-electron chi connectivity index (χ0n) is 15.8. The first-order chi connectivity index (χ1) is 13.3. The van der Waals surface area contributed by atoms with E-state index in [9.17, 15) is 14.4 Å². The highest BCUT2D eigenvalue weighted by Gasteiger charge is 2.23. The third-order valence-electron chi connectivity index (χ3n) is 3.80. The van der Waals surface area contributed by atoms with Crippen LogP contribution >= 0.6 is 0 Å². The lowest BCUT2D eigenvalue weighted by Gasteiger charge is -2.18. The summed E-state index contributed by atoms with van der Waals surface area (Å²) in [6, 6.07) is 12.8. The van der Waals surface area contributed by atoms with Gasteiger partial charge in [-0.05, 0) is 62.4 Å². The number of anilines is 1. The van der Waals surface area contributed by atoms with Crippen LogP contribution in [0.3, 0.4) is 0 Å². The number of hydrogen-bond donors (Lipinski definition) is 2. The summed E-state index contributed by atoms with van der Waals surface area (Å²) in [5.74, 6) is -0.626. The Kier molecular flexibility index (Phi) is 6.97. The van der Waals surface area contributed by atoms with Crippen LogP contribution in [0.4, 0.5) is 5.69 Å². The zero-order chi connectivity index (χ0) is 20.7. The smallest absolute Gasteiger partial charge is 0.347 e. The van der Waals surface area contributed by atoms with Gasteiger partial charge >= 0.3 is 5.97 Å². The summed E-state index contributed by atoms with van der Waals surface area (Å²) in [5, 5.41) is 2.59. The Morgan fingerprint density at radius 2 is 1.46 bits per heavy atom. The van der Waals surface area contributed by atoms with Crippen LogP contribution in [-0.4, -0.2) is 37.1 Å². The third kappa shape index (κ3) is 5.73. The van der Waals surface area contributed by atoms with Crippen LogP contribution < -0.4 is 20.5 Å². The number of esters is 1. The van der Waals surface area contributed by atoms with Crippen molar-refractivity contribution in [2.75, 3.05) is 12.4 Å². The van der Waals surface area contributed by atoms with E-state index in [0.717, 1.165) is 0 Å². The number of methoxy groups -OCH3 is 1. The zero-order valence-corrected chi connectivity index (χ0v) is 15.8. The number of rotatable bonds is 8. The topological polar surface area (TPSA) is 117 Å². The van der Waals surface area contributed by atoms with E-state index in [-0.39, 0.29) is 0 Å². The predicted molar refractivity (Wildman–Crippen MR) is 102 cm³/mol. The first-order valence-electron chi connectivity index (χ1n) is 8.52. The second-order valence-corrected chi connectivity index (χ2v) is 5.95. The number of nitrogens with two attached hydrogens (primary N) is 1. The second-order valence-electron chi connectivity index (χ2n) is 5.95. The Hall–Kier alpha value is -3.55. The van der Waals surface area contributed by atoms with Gasteiger partial charge in [0.05, 0.1) is 7.11 Å². The average Bonchev–Trinajstić information content (AvgIpc) is 2.68. The second kappa shape index (κ2) is 9.40. The fourth-order valence-electron chi connectivity index (χ4n) is 2.19. The molecule has 0 aliphatic rings. The molecule has 8 heteroatoms. The van der Waals surface area contributed by atoms with Gasteiger partial charge in [0, 0.05) is 11.3 Å². The minimum atomic E-state index is -1.04. The van der Waals surface area contributed by atoms with E-state index in [2.05, 4.69) is 5.32 Å². The molecule has 0 fully saturated rings. The Balaban J connectivity index is 1.87. The van der Waals surface area contributed by atoms with Crippen LogP contribution in [0.5, 0.6) is 11.5 Å². The highest BCUT2D eigenvalue weighted by molar-refractivity contribution is 5.96. The molecule has 0 spiro atoms. The summed E-state index contributed by atoms with van der Waals surface area (Å²) in [6.45, 7) is 2.98. The van der Waals surface area contributed by atoms with E-state index in [1.54, 1.807) is 31.4 Å². The molecule has 148 valence electrons. The van der Waals surface area contributed by atoms with Crippen molar-refractivity contribution in [3.8, 4) is 11.5 Å². The van der Waals surface area contributed by atoms with Gasteiger partial charge in [-0.3, -0.25) is 9.59 Å². The van der Waals surface area contributed by atoms with Crippen LogP contribution in [0.1, 0.15) is 24.2 Å². The third-order valence-corrected chi connectivity index (χ3v) is 3.80. The van der Waals surface area contributed by atoms with Crippen LogP contribution in [0.2, 0.25) is 0 Å². The van der Waals surface area contributed by atoms with Gasteiger partial charge in [-0.2, -0.15) is 0 Å². The maximum Gasteiger partial charge on any atom is 0.347 e. The lowest BCUT2D eigenvalue weighted by molar-refractivity contribution is -0.159. The Bertz CT molecular complexity index is 833. The molecule has 0 saturated carbocycles. The van der Waals surface area contributed by atoms with Crippen molar-refractivity contribution in [1.29, 1.82) is 0 Å². The molecule has 2 aromatic carbocycles. The van der Waals surface area contributed by atoms with Crippen molar-refractivity contribution in [1.82, 2.24) is 0 Å². The minimum absolute atomic E-state index is 0.321. The van der Waals surface area contributed by atoms with Crippen LogP contribution in [0.25, 0.3) is 0 Å². The van der Waals surface area contributed by atoms with E-state index < -0.39 is 30.0 Å². The highest BCUT2D eigenvalue weighted by atomic mass is 16.6. The summed E-state index contributed by atoms with van der Waals surface area (Å²) in [6.07, 6.45) is -1.94. The molecule has 0 saturated heterocycles. The average molecular weight is 386 g/mol. The molecule has 0 aliphatic heterocycles. The number of nitrogens with one attached hydrogen (secondary N) is 1. The first kappa shape index (κ1) is 20.8. The predicted octanol–water partition coefficient (Wildman–Crippen LogP) is 2.13. The standard InChI is InChI=1S/C20H22N2O6/c1-12(19(24)22-15-6-4-14(5-7-15)18(21)23)28-20(25)13(2)27-17-10-8-16(26-3)9-11-17/h4-13H,1-3H3,(H2,21,23)(H,22,24). The molecule has 28 heavy (non-hydrogen) atoms. The minimum Gasteiger partial charge on any atom is -0.497 e. The van der Waals surface area contributed by atoms with Crippen molar-refractivity contribution in [2.24, 2.45) is 5.73 Å². The summed E-state index contributed by atoms with van der Waals surface area (Å²) in [7, 11) is 1.55. The van der Waals surface area contributed by atoms with Crippen LogP contribution in [-0.2, 0) is 14.3 Å². The molecule has 0 heterocycles. The molecule has 2 amide bonds. The van der Waals surface area contributed by atoms with Gasteiger partial charge < -0.3 is 25.3 Å². The quantitative estimate of drug-likeness (QED) is 0.671. The summed E-state index contributed by atoms with van der Waals surface area (Å²) < 4.78 is 15.7. The van der Waals surface area contributed by atoms with Crippen LogP contribution in [0.15, 0.2) is 48.5 Å². The van der Waals surface area contributed by atoms with Gasteiger partial charge in [0.25, 0.3) is 5.91 Å². The maximum atomic E-state index is 12.2. The maximum absolute atomic E-state index is 12.2. The molecular formula is C20H22N2O6. The SMILES string of the molecule is COc1ccc(OC(C)C(=O)OC(C)C(=O)Nc2ccc(C(N)=O)cc2)cc1. The number of carbonyl (C=O) groups is 3. The molecule has 8 nitrogen and oxygen atoms in total. The molecule has 0 aromatic heterocycles. The molecule has 2 rings (SSSR count). The highest BCUT2D eigenvalue weighted by Crippen LogP contribution is 2.18. The van der Waals surface area contributed by atoms with Crippen molar-refractivity contribution in [3.05, 3.63) is 54.1 Å². The van der Waals surface area contributed by atoms with Crippen molar-refractivity contribution in [2.45, 2.75) is 26.1 Å². The fraction of sp³-hybridized carbons (Fsp3) is 0.250. The van der Waals surface area contributed by atoms with E-state index in [4.69, 9.17) is 19.9 Å². The molecule has 0 radical (unpaired) electrons. The van der Waals surface area contributed by atoms with Gasteiger partial charge in [-0.15, -0.1) is 0 Å². The largest absolute Gasteiger partial charge is 0.497 e. The normalized spacial score (nSPS) is 12.4. The van der Waals surface area contributed by atoms with E-state index in [0.29, 0.717) is 22.7 Å². The van der Waals surface area contributed by atoms with E-state index in [1.165, 1.54) is 38.1 Å². The van der Waals surface area contributed by atoms with E-state index in [1.807, 2.05) is 0 Å². The molecular weight excluding hydrogens is 364 g/mol. The number of hydrogen-bond acceptors (Lipinski definition) is 6. The number of primary amides is 1. The number of amides is 2. The van der Waals surface area contributed by atoms with Gasteiger partial charge in [0.15, 0.2) is 12.2 Å². The Morgan fingerprint density at radius 1 is 0.893 bits per heavy atom. The number of carbonyl (C=O) groups excluding carboxylic acids is 3. The Labute approximate surface area is 162 Å². The molecule has 2 atom stereocenters. The molecule has 2 unspecified atom stereocenters. The summed E-state index contributed by atoms with van der Waals surface area (Å²) in [5.41, 5.74) is 5.93. The molecule has 0 bridgehead atoms. The van der Waals surface area contributed by atoms with Gasteiger partial charge in [0.2, 0.25) is 5.91 Å². The number of benzene rings is 2. The van der Waals surface area contributed by atoms with Crippen molar-refractivity contribution >= 4 is 23.5 Å². The van der Waals surface area contributed by atoms with Gasteiger partial charge in [-0.1, -0.05) is 0 Å². The summed E-state index contributed by atoms with van der Waals surface area (Å²) in [4.78, 5) is 35.4. The lowest BCUT2D eigenvalue weighted by Crippen LogP contribution is -2.35. The fourth-order valence-corrected chi connectivity index (χ4v) is 2.19. The monoisotopic (exact) mass is 386 g/mol. The van der Waals surface area contributed by atoms with Gasteiger partial charge in [-0.25, -0.2) is 4.79 Å². The van der Waals surface area contributed by atoms with E-state index >= 15 is 0 Å². The van der Waals surface area contributed by atoms with Gasteiger partial charge in [0.1, 0.15) is 11.5 Å². The molecule has 0 aliphatic carbocycles. The van der Waals surface area contributed by atoms with Crippen LogP contribution in [0, 0.1) is 0 Å².